The van der Waals surface area contributed by atoms with Crippen LogP contribution < -0.4 is 5.32 Å². The monoisotopic (exact) mass is 327 g/mol. The van der Waals surface area contributed by atoms with E-state index in [2.05, 4.69) is 39.6 Å². The van der Waals surface area contributed by atoms with Gasteiger partial charge in [-0.3, -0.25) is 9.69 Å². The van der Waals surface area contributed by atoms with E-state index >= 15 is 0 Å². The topological polar surface area (TPSA) is 58.4 Å². The highest BCUT2D eigenvalue weighted by Gasteiger charge is 2.24. The number of carbonyl (C=O) groups excluding carboxylic acids is 1. The highest BCUT2D eigenvalue weighted by molar-refractivity contribution is 5.96. The molecule has 2 aromatic rings. The Balaban J connectivity index is 1.61. The van der Waals surface area contributed by atoms with Gasteiger partial charge in [-0.1, -0.05) is 41.9 Å². The van der Waals surface area contributed by atoms with Gasteiger partial charge in [0, 0.05) is 19.1 Å². The molecule has 1 amide bonds. The number of rotatable bonds is 5. The number of nitrogens with zero attached hydrogens (tertiary/aromatic N) is 2. The predicted molar refractivity (Wildman–Crippen MR) is 92.8 cm³/mol. The third kappa shape index (κ3) is 3.85. The molecule has 3 rings (SSSR count). The Labute approximate surface area is 143 Å². The van der Waals surface area contributed by atoms with Gasteiger partial charge in [-0.25, -0.2) is 0 Å². The molecule has 1 fully saturated rings. The first-order valence-electron chi connectivity index (χ1n) is 8.64. The SMILES string of the molecule is Cc1noc(C)c1C(=O)NC[C@H]1CCCCN1Cc1ccccc1. The first-order chi connectivity index (χ1) is 11.6. The zero-order chi connectivity index (χ0) is 16.9. The molecule has 1 aliphatic rings. The van der Waals surface area contributed by atoms with E-state index in [1.54, 1.807) is 13.8 Å². The second kappa shape index (κ2) is 7.62. The fraction of sp³-hybridized carbons (Fsp3) is 0.474. The molecule has 24 heavy (non-hydrogen) atoms. The quantitative estimate of drug-likeness (QED) is 0.917. The van der Waals surface area contributed by atoms with Gasteiger partial charge >= 0.3 is 0 Å². The lowest BCUT2D eigenvalue weighted by Crippen LogP contribution is -2.46. The van der Waals surface area contributed by atoms with Crippen molar-refractivity contribution in [1.82, 2.24) is 15.4 Å². The van der Waals surface area contributed by atoms with Crippen LogP contribution in [0.25, 0.3) is 0 Å². The number of piperidine rings is 1. The minimum absolute atomic E-state index is 0.0866. The van der Waals surface area contributed by atoms with Crippen LogP contribution in [-0.2, 0) is 6.54 Å². The van der Waals surface area contributed by atoms with Gasteiger partial charge in [0.25, 0.3) is 5.91 Å². The maximum atomic E-state index is 12.4. The number of amides is 1. The van der Waals surface area contributed by atoms with Gasteiger partial charge in [0.15, 0.2) is 0 Å². The third-order valence-corrected chi connectivity index (χ3v) is 4.74. The Morgan fingerprint density at radius 3 is 2.79 bits per heavy atom. The zero-order valence-corrected chi connectivity index (χ0v) is 14.4. The second-order valence-corrected chi connectivity index (χ2v) is 6.51. The molecule has 0 radical (unpaired) electrons. The van der Waals surface area contributed by atoms with Gasteiger partial charge in [0.2, 0.25) is 0 Å². The Bertz CT molecular complexity index is 662. The summed E-state index contributed by atoms with van der Waals surface area (Å²) in [6.45, 7) is 6.26. The number of likely N-dealkylation sites (tertiary alicyclic amines) is 1. The molecule has 5 heteroatoms. The van der Waals surface area contributed by atoms with Crippen molar-refractivity contribution in [1.29, 1.82) is 0 Å². The molecule has 128 valence electrons. The number of aromatic nitrogens is 1. The average Bonchev–Trinajstić information content (AvgIpc) is 2.93. The van der Waals surface area contributed by atoms with E-state index in [0.29, 0.717) is 29.6 Å². The van der Waals surface area contributed by atoms with Crippen molar-refractivity contribution in [2.45, 2.75) is 45.7 Å². The number of hydrogen-bond donors (Lipinski definition) is 1. The van der Waals surface area contributed by atoms with Crippen molar-refractivity contribution >= 4 is 5.91 Å². The van der Waals surface area contributed by atoms with Crippen LogP contribution in [0.3, 0.4) is 0 Å². The molecule has 5 nitrogen and oxygen atoms in total. The molecular weight excluding hydrogens is 302 g/mol. The van der Waals surface area contributed by atoms with Gasteiger partial charge in [0.1, 0.15) is 11.3 Å². The van der Waals surface area contributed by atoms with Crippen LogP contribution >= 0.6 is 0 Å². The Morgan fingerprint density at radius 1 is 1.29 bits per heavy atom. The molecule has 2 heterocycles. The van der Waals surface area contributed by atoms with Gasteiger partial charge in [0.05, 0.1) is 5.69 Å². The molecular formula is C19H25N3O2. The number of carbonyl (C=O) groups is 1. The minimum atomic E-state index is -0.0866. The van der Waals surface area contributed by atoms with Gasteiger partial charge in [-0.05, 0) is 38.8 Å². The van der Waals surface area contributed by atoms with E-state index in [-0.39, 0.29) is 5.91 Å². The molecule has 0 spiro atoms. The van der Waals surface area contributed by atoms with Crippen molar-refractivity contribution in [3.63, 3.8) is 0 Å². The number of hydrogen-bond acceptors (Lipinski definition) is 4. The van der Waals surface area contributed by atoms with Gasteiger partial charge in [-0.15, -0.1) is 0 Å². The van der Waals surface area contributed by atoms with E-state index in [4.69, 9.17) is 4.52 Å². The van der Waals surface area contributed by atoms with Gasteiger partial charge < -0.3 is 9.84 Å². The Kier molecular flexibility index (Phi) is 5.30. The molecule has 1 N–H and O–H groups in total. The minimum Gasteiger partial charge on any atom is -0.361 e. The van der Waals surface area contributed by atoms with E-state index in [1.807, 2.05) is 6.07 Å². The van der Waals surface area contributed by atoms with Crippen LogP contribution in [-0.4, -0.2) is 35.1 Å². The molecule has 1 aromatic carbocycles. The van der Waals surface area contributed by atoms with Crippen LogP contribution in [0.2, 0.25) is 0 Å². The van der Waals surface area contributed by atoms with Crippen LogP contribution in [0.4, 0.5) is 0 Å². The highest BCUT2D eigenvalue weighted by atomic mass is 16.5. The summed E-state index contributed by atoms with van der Waals surface area (Å²) >= 11 is 0. The summed E-state index contributed by atoms with van der Waals surface area (Å²) in [5.41, 5.74) is 2.54. The molecule has 0 saturated carbocycles. The van der Waals surface area contributed by atoms with E-state index in [9.17, 15) is 4.79 Å². The molecule has 1 saturated heterocycles. The molecule has 1 atom stereocenters. The maximum absolute atomic E-state index is 12.4. The van der Waals surface area contributed by atoms with Crippen LogP contribution in [0.15, 0.2) is 34.9 Å². The zero-order valence-electron chi connectivity index (χ0n) is 14.4. The van der Waals surface area contributed by atoms with E-state index < -0.39 is 0 Å². The molecule has 1 aliphatic heterocycles. The van der Waals surface area contributed by atoms with Crippen molar-refractivity contribution in [3.05, 3.63) is 52.9 Å². The predicted octanol–water partition coefficient (Wildman–Crippen LogP) is 3.08. The summed E-state index contributed by atoms with van der Waals surface area (Å²) in [7, 11) is 0. The first-order valence-corrected chi connectivity index (χ1v) is 8.64. The second-order valence-electron chi connectivity index (χ2n) is 6.51. The normalized spacial score (nSPS) is 18.5. The highest BCUT2D eigenvalue weighted by Crippen LogP contribution is 2.19. The Morgan fingerprint density at radius 2 is 2.08 bits per heavy atom. The molecule has 0 bridgehead atoms. The van der Waals surface area contributed by atoms with Crippen LogP contribution in [0, 0.1) is 13.8 Å². The van der Waals surface area contributed by atoms with Crippen molar-refractivity contribution in [2.24, 2.45) is 0 Å². The largest absolute Gasteiger partial charge is 0.361 e. The van der Waals surface area contributed by atoms with E-state index in [0.717, 1.165) is 19.5 Å². The number of benzene rings is 1. The standard InChI is InChI=1S/C19H25N3O2/c1-14-18(15(2)24-21-14)19(23)20-12-17-10-6-7-11-22(17)13-16-8-4-3-5-9-16/h3-5,8-9,17H,6-7,10-13H2,1-2H3,(H,20,23)/t17-/m1/s1. The van der Waals surface area contributed by atoms with E-state index in [1.165, 1.54) is 18.4 Å². The fourth-order valence-electron chi connectivity index (χ4n) is 3.42. The number of nitrogens with one attached hydrogen (secondary N) is 1. The summed E-state index contributed by atoms with van der Waals surface area (Å²) in [5.74, 6) is 0.492. The Hall–Kier alpha value is -2.14. The lowest BCUT2D eigenvalue weighted by molar-refractivity contribution is 0.0905. The molecule has 0 unspecified atom stereocenters. The first kappa shape index (κ1) is 16.7. The summed E-state index contributed by atoms with van der Waals surface area (Å²) in [6.07, 6.45) is 3.56. The van der Waals surface area contributed by atoms with Crippen LogP contribution in [0.1, 0.15) is 46.6 Å². The number of aryl methyl sites for hydroxylation is 2. The van der Waals surface area contributed by atoms with Crippen LogP contribution in [0.5, 0.6) is 0 Å². The van der Waals surface area contributed by atoms with Crippen molar-refractivity contribution < 1.29 is 9.32 Å². The lowest BCUT2D eigenvalue weighted by Gasteiger charge is -2.35. The summed E-state index contributed by atoms with van der Waals surface area (Å²) < 4.78 is 5.09. The molecule has 1 aromatic heterocycles. The molecule has 0 aliphatic carbocycles. The summed E-state index contributed by atoms with van der Waals surface area (Å²) in [4.78, 5) is 14.9. The fourth-order valence-corrected chi connectivity index (χ4v) is 3.42. The van der Waals surface area contributed by atoms with Crippen molar-refractivity contribution in [2.75, 3.05) is 13.1 Å². The third-order valence-electron chi connectivity index (χ3n) is 4.74. The average molecular weight is 327 g/mol. The van der Waals surface area contributed by atoms with Crippen molar-refractivity contribution in [3.8, 4) is 0 Å². The van der Waals surface area contributed by atoms with Gasteiger partial charge in [-0.2, -0.15) is 0 Å². The maximum Gasteiger partial charge on any atom is 0.256 e. The lowest BCUT2D eigenvalue weighted by atomic mass is 10.0. The summed E-state index contributed by atoms with van der Waals surface area (Å²) in [6, 6.07) is 10.9. The smallest absolute Gasteiger partial charge is 0.256 e. The summed E-state index contributed by atoms with van der Waals surface area (Å²) in [5, 5.41) is 6.93.